The van der Waals surface area contributed by atoms with E-state index in [-0.39, 0.29) is 17.6 Å². The molecule has 4 heterocycles. The van der Waals surface area contributed by atoms with Crippen molar-refractivity contribution in [3.05, 3.63) is 70.9 Å². The maximum absolute atomic E-state index is 14.0. The van der Waals surface area contributed by atoms with Crippen LogP contribution in [0.15, 0.2) is 48.5 Å². The Labute approximate surface area is 211 Å². The first kappa shape index (κ1) is 23.1. The van der Waals surface area contributed by atoms with E-state index < -0.39 is 5.60 Å². The third kappa shape index (κ3) is 3.77. The molecule has 0 bridgehead atoms. The fourth-order valence-corrected chi connectivity index (χ4v) is 6.00. The van der Waals surface area contributed by atoms with Gasteiger partial charge in [0.05, 0.1) is 30.0 Å². The average molecular weight is 488 g/mol. The zero-order valence-electron chi connectivity index (χ0n) is 21.3. The number of likely N-dealkylation sites (tertiary alicyclic amines) is 1. The summed E-state index contributed by atoms with van der Waals surface area (Å²) in [6.07, 6.45) is 1.23. The number of amides is 2. The SMILES string of the molecule is CC(C)(C)OC(=O)N1CCn2c(c(C(=O)N3CCC4(CC3)OCc3ccccc34)c3ccccc32)C1. The first-order valence-corrected chi connectivity index (χ1v) is 12.9. The van der Waals surface area contributed by atoms with Gasteiger partial charge in [0, 0.05) is 37.1 Å². The molecule has 3 aliphatic heterocycles. The van der Waals surface area contributed by atoms with Crippen LogP contribution in [0.1, 0.15) is 60.8 Å². The lowest BCUT2D eigenvalue weighted by molar-refractivity contribution is -0.0741. The van der Waals surface area contributed by atoms with E-state index in [0.717, 1.165) is 29.4 Å². The Morgan fingerprint density at radius 3 is 2.42 bits per heavy atom. The minimum atomic E-state index is -0.565. The average Bonchev–Trinajstić information content (AvgIpc) is 3.39. The molecule has 0 saturated carbocycles. The highest BCUT2D eigenvalue weighted by atomic mass is 16.6. The van der Waals surface area contributed by atoms with Gasteiger partial charge in [-0.25, -0.2) is 4.79 Å². The Morgan fingerprint density at radius 2 is 1.64 bits per heavy atom. The van der Waals surface area contributed by atoms with Crippen LogP contribution in [0.5, 0.6) is 0 Å². The summed E-state index contributed by atoms with van der Waals surface area (Å²) in [7, 11) is 0. The zero-order valence-corrected chi connectivity index (χ0v) is 21.3. The van der Waals surface area contributed by atoms with Crippen molar-refractivity contribution in [3.8, 4) is 0 Å². The van der Waals surface area contributed by atoms with E-state index in [4.69, 9.17) is 9.47 Å². The monoisotopic (exact) mass is 487 g/mol. The molecular weight excluding hydrogens is 454 g/mol. The van der Waals surface area contributed by atoms with Gasteiger partial charge in [-0.05, 0) is 50.8 Å². The molecule has 3 aliphatic rings. The normalized spacial score (nSPS) is 18.9. The first-order valence-electron chi connectivity index (χ1n) is 12.9. The molecule has 1 aromatic heterocycles. The molecule has 0 unspecified atom stereocenters. The molecule has 0 radical (unpaired) electrons. The number of carbonyl (C=O) groups is 2. The highest BCUT2D eigenvalue weighted by Gasteiger charge is 2.44. The van der Waals surface area contributed by atoms with E-state index >= 15 is 0 Å². The largest absolute Gasteiger partial charge is 0.444 e. The molecule has 36 heavy (non-hydrogen) atoms. The fourth-order valence-electron chi connectivity index (χ4n) is 6.00. The number of fused-ring (bicyclic) bond motifs is 5. The summed E-state index contributed by atoms with van der Waals surface area (Å²) in [6, 6.07) is 16.5. The molecule has 6 rings (SSSR count). The van der Waals surface area contributed by atoms with Gasteiger partial charge in [-0.1, -0.05) is 42.5 Å². The van der Waals surface area contributed by atoms with Crippen LogP contribution >= 0.6 is 0 Å². The maximum atomic E-state index is 14.0. The van der Waals surface area contributed by atoms with E-state index in [1.807, 2.05) is 43.9 Å². The standard InChI is InChI=1S/C29H33N3O4/c1-28(2,3)36-27(34)31-16-17-32-23-11-7-5-9-21(23)25(24(32)18-31)26(33)30-14-12-29(13-15-30)22-10-6-4-8-20(22)19-35-29/h4-11H,12-19H2,1-3H3. The van der Waals surface area contributed by atoms with Gasteiger partial charge in [-0.15, -0.1) is 0 Å². The second-order valence-electron chi connectivity index (χ2n) is 11.1. The molecule has 7 nitrogen and oxygen atoms in total. The van der Waals surface area contributed by atoms with Crippen molar-refractivity contribution >= 4 is 22.9 Å². The predicted molar refractivity (Wildman–Crippen MR) is 137 cm³/mol. The molecule has 2 amide bonds. The van der Waals surface area contributed by atoms with Gasteiger partial charge >= 0.3 is 6.09 Å². The summed E-state index contributed by atoms with van der Waals surface area (Å²) in [5.74, 6) is 0.0344. The maximum Gasteiger partial charge on any atom is 0.410 e. The van der Waals surface area contributed by atoms with E-state index in [9.17, 15) is 9.59 Å². The van der Waals surface area contributed by atoms with Crippen molar-refractivity contribution in [1.82, 2.24) is 14.4 Å². The van der Waals surface area contributed by atoms with Gasteiger partial charge in [0.1, 0.15) is 5.60 Å². The lowest BCUT2D eigenvalue weighted by Crippen LogP contribution is -2.46. The molecule has 1 spiro atoms. The van der Waals surface area contributed by atoms with Gasteiger partial charge in [-0.3, -0.25) is 4.79 Å². The number of hydrogen-bond donors (Lipinski definition) is 0. The molecule has 7 heteroatoms. The van der Waals surface area contributed by atoms with Gasteiger partial charge in [0.2, 0.25) is 0 Å². The lowest BCUT2D eigenvalue weighted by Gasteiger charge is -2.39. The van der Waals surface area contributed by atoms with Crippen molar-refractivity contribution in [1.29, 1.82) is 0 Å². The smallest absolute Gasteiger partial charge is 0.410 e. The molecule has 188 valence electrons. The van der Waals surface area contributed by atoms with E-state index in [0.29, 0.717) is 44.9 Å². The highest BCUT2D eigenvalue weighted by molar-refractivity contribution is 6.08. The summed E-state index contributed by atoms with van der Waals surface area (Å²) in [4.78, 5) is 30.6. The number of aromatic nitrogens is 1. The summed E-state index contributed by atoms with van der Waals surface area (Å²) in [6.45, 7) is 9.08. The van der Waals surface area contributed by atoms with Crippen LogP contribution in [0.2, 0.25) is 0 Å². The van der Waals surface area contributed by atoms with E-state index in [1.54, 1.807) is 4.90 Å². The lowest BCUT2D eigenvalue weighted by atomic mass is 9.83. The highest BCUT2D eigenvalue weighted by Crippen LogP contribution is 2.44. The molecule has 0 atom stereocenters. The second-order valence-corrected chi connectivity index (χ2v) is 11.1. The fraction of sp³-hybridized carbons (Fsp3) is 0.448. The second kappa shape index (κ2) is 8.37. The minimum Gasteiger partial charge on any atom is -0.444 e. The Balaban J connectivity index is 1.28. The number of ether oxygens (including phenoxy) is 2. The molecular formula is C29H33N3O4. The van der Waals surface area contributed by atoms with Crippen molar-refractivity contribution in [2.45, 2.75) is 64.5 Å². The molecule has 0 aliphatic carbocycles. The van der Waals surface area contributed by atoms with Crippen molar-refractivity contribution in [2.75, 3.05) is 19.6 Å². The van der Waals surface area contributed by atoms with Gasteiger partial charge in [0.25, 0.3) is 5.91 Å². The summed E-state index contributed by atoms with van der Waals surface area (Å²) >= 11 is 0. The molecule has 3 aromatic rings. The quantitative estimate of drug-likeness (QED) is 0.482. The zero-order chi connectivity index (χ0) is 25.1. The summed E-state index contributed by atoms with van der Waals surface area (Å²) < 4.78 is 14.1. The number of rotatable bonds is 1. The Morgan fingerprint density at radius 1 is 0.917 bits per heavy atom. The summed E-state index contributed by atoms with van der Waals surface area (Å²) in [5, 5.41) is 0.950. The number of carbonyl (C=O) groups excluding carboxylic acids is 2. The van der Waals surface area contributed by atoms with Crippen LogP contribution in [0.4, 0.5) is 4.79 Å². The predicted octanol–water partition coefficient (Wildman–Crippen LogP) is 5.05. The van der Waals surface area contributed by atoms with Crippen molar-refractivity contribution in [2.24, 2.45) is 0 Å². The molecule has 0 N–H and O–H groups in total. The summed E-state index contributed by atoms with van der Waals surface area (Å²) in [5.41, 5.74) is 4.32. The van der Waals surface area contributed by atoms with Crippen LogP contribution in [0.3, 0.4) is 0 Å². The molecule has 1 saturated heterocycles. The Kier molecular flexibility index (Phi) is 5.37. The van der Waals surface area contributed by atoms with Gasteiger partial charge in [-0.2, -0.15) is 0 Å². The number of piperidine rings is 1. The third-order valence-electron chi connectivity index (χ3n) is 7.75. The number of para-hydroxylation sites is 1. The van der Waals surface area contributed by atoms with Crippen LogP contribution < -0.4 is 0 Å². The number of benzene rings is 2. The van der Waals surface area contributed by atoms with E-state index in [1.165, 1.54) is 11.1 Å². The van der Waals surface area contributed by atoms with Crippen LogP contribution in [-0.2, 0) is 34.8 Å². The molecule has 1 fully saturated rings. The Hall–Kier alpha value is -3.32. The third-order valence-corrected chi connectivity index (χ3v) is 7.75. The molecule has 2 aromatic carbocycles. The van der Waals surface area contributed by atoms with Crippen LogP contribution in [0, 0.1) is 0 Å². The Bertz CT molecular complexity index is 1340. The van der Waals surface area contributed by atoms with Crippen LogP contribution in [0.25, 0.3) is 10.9 Å². The topological polar surface area (TPSA) is 64.0 Å². The van der Waals surface area contributed by atoms with E-state index in [2.05, 4.69) is 34.9 Å². The van der Waals surface area contributed by atoms with Crippen LogP contribution in [-0.4, -0.2) is 51.6 Å². The minimum absolute atomic E-state index is 0.0344. The van der Waals surface area contributed by atoms with Crippen molar-refractivity contribution < 1.29 is 19.1 Å². The van der Waals surface area contributed by atoms with Gasteiger partial charge < -0.3 is 23.8 Å². The van der Waals surface area contributed by atoms with Gasteiger partial charge in [0.15, 0.2) is 0 Å². The number of nitrogens with zero attached hydrogens (tertiary/aromatic N) is 3. The van der Waals surface area contributed by atoms with Crippen molar-refractivity contribution in [3.63, 3.8) is 0 Å². The first-order chi connectivity index (χ1) is 17.3. The number of hydrogen-bond acceptors (Lipinski definition) is 4.